The highest BCUT2D eigenvalue weighted by molar-refractivity contribution is 5.35. The smallest absolute Gasteiger partial charge is 0.0521 e. The standard InChI is InChI=1S/C8H13N/c1-6-3-2-4-7-8(6)5-9(7)8/h6-7H,2-5H2,1H3. The lowest BCUT2D eigenvalue weighted by Crippen LogP contribution is -2.26. The van der Waals surface area contributed by atoms with Crippen molar-refractivity contribution in [1.82, 2.24) is 4.90 Å². The average molecular weight is 123 g/mol. The van der Waals surface area contributed by atoms with Crippen LogP contribution in [0.1, 0.15) is 26.2 Å². The van der Waals surface area contributed by atoms with Crippen molar-refractivity contribution in [2.45, 2.75) is 37.8 Å². The highest BCUT2D eigenvalue weighted by Gasteiger charge is 2.79. The molecule has 9 heavy (non-hydrogen) atoms. The van der Waals surface area contributed by atoms with Crippen LogP contribution in [0.2, 0.25) is 0 Å². The van der Waals surface area contributed by atoms with Gasteiger partial charge in [-0.15, -0.1) is 0 Å². The summed E-state index contributed by atoms with van der Waals surface area (Å²) in [6.07, 6.45) is 4.49. The van der Waals surface area contributed by atoms with Crippen LogP contribution in [0.15, 0.2) is 0 Å². The van der Waals surface area contributed by atoms with Crippen molar-refractivity contribution in [2.24, 2.45) is 5.92 Å². The molecule has 0 amide bonds. The number of nitrogens with zero attached hydrogens (tertiary/aromatic N) is 1. The second-order valence-corrected chi connectivity index (χ2v) is 3.97. The van der Waals surface area contributed by atoms with Gasteiger partial charge in [0.15, 0.2) is 0 Å². The molecule has 2 heterocycles. The lowest BCUT2D eigenvalue weighted by Gasteiger charge is -2.21. The molecule has 1 saturated carbocycles. The van der Waals surface area contributed by atoms with Gasteiger partial charge in [-0.1, -0.05) is 13.3 Å². The molecule has 0 aromatic rings. The van der Waals surface area contributed by atoms with Gasteiger partial charge >= 0.3 is 0 Å². The molecule has 4 atom stereocenters. The molecule has 0 aromatic heterocycles. The van der Waals surface area contributed by atoms with E-state index in [1.807, 2.05) is 0 Å². The Hall–Kier alpha value is -0.0400. The molecule has 4 unspecified atom stereocenters. The van der Waals surface area contributed by atoms with E-state index in [1.54, 1.807) is 0 Å². The van der Waals surface area contributed by atoms with Crippen LogP contribution in [0.3, 0.4) is 0 Å². The Labute approximate surface area is 56.0 Å². The molecule has 1 spiro atoms. The molecule has 0 radical (unpaired) electrons. The SMILES string of the molecule is CC1CCCC2N3CC123. The zero-order valence-corrected chi connectivity index (χ0v) is 5.93. The maximum atomic E-state index is 2.67. The van der Waals surface area contributed by atoms with Crippen LogP contribution in [-0.2, 0) is 0 Å². The fourth-order valence-corrected chi connectivity index (χ4v) is 2.86. The molecule has 3 rings (SSSR count). The van der Waals surface area contributed by atoms with E-state index in [1.165, 1.54) is 25.8 Å². The molecule has 2 saturated heterocycles. The van der Waals surface area contributed by atoms with Gasteiger partial charge in [-0.3, -0.25) is 4.90 Å². The van der Waals surface area contributed by atoms with Gasteiger partial charge in [0, 0.05) is 12.6 Å². The average Bonchev–Trinajstić information content (AvgIpc) is 2.60. The van der Waals surface area contributed by atoms with E-state index < -0.39 is 0 Å². The third kappa shape index (κ3) is 0.337. The van der Waals surface area contributed by atoms with E-state index in [0.717, 1.165) is 17.5 Å². The van der Waals surface area contributed by atoms with E-state index in [9.17, 15) is 0 Å². The first-order valence-electron chi connectivity index (χ1n) is 4.12. The van der Waals surface area contributed by atoms with Crippen molar-refractivity contribution in [3.63, 3.8) is 0 Å². The maximum absolute atomic E-state index is 2.67. The maximum Gasteiger partial charge on any atom is 0.0521 e. The lowest BCUT2D eigenvalue weighted by atomic mass is 9.82. The van der Waals surface area contributed by atoms with Crippen molar-refractivity contribution in [2.75, 3.05) is 6.54 Å². The Morgan fingerprint density at radius 1 is 1.44 bits per heavy atom. The van der Waals surface area contributed by atoms with Crippen molar-refractivity contribution < 1.29 is 0 Å². The third-order valence-corrected chi connectivity index (χ3v) is 3.71. The van der Waals surface area contributed by atoms with Crippen molar-refractivity contribution in [1.29, 1.82) is 0 Å². The van der Waals surface area contributed by atoms with E-state index >= 15 is 0 Å². The van der Waals surface area contributed by atoms with Gasteiger partial charge in [0.25, 0.3) is 0 Å². The minimum atomic E-state index is 0.804. The Morgan fingerprint density at radius 2 is 2.33 bits per heavy atom. The molecule has 50 valence electrons. The van der Waals surface area contributed by atoms with Crippen LogP contribution < -0.4 is 0 Å². The summed E-state index contributed by atoms with van der Waals surface area (Å²) in [6, 6.07) is 1.06. The molecule has 3 fully saturated rings. The van der Waals surface area contributed by atoms with Crippen LogP contribution in [-0.4, -0.2) is 23.0 Å². The minimum absolute atomic E-state index is 0.804. The van der Waals surface area contributed by atoms with E-state index in [-0.39, 0.29) is 0 Å². The Morgan fingerprint density at radius 3 is 2.89 bits per heavy atom. The summed E-state index contributed by atoms with van der Waals surface area (Å²) in [5, 5.41) is 0. The first-order valence-corrected chi connectivity index (χ1v) is 4.12. The zero-order chi connectivity index (χ0) is 6.06. The zero-order valence-electron chi connectivity index (χ0n) is 5.93. The highest BCUT2D eigenvalue weighted by Crippen LogP contribution is 2.66. The largest absolute Gasteiger partial charge is 0.288 e. The fraction of sp³-hybridized carbons (Fsp3) is 1.00. The van der Waals surface area contributed by atoms with Crippen LogP contribution in [0.5, 0.6) is 0 Å². The lowest BCUT2D eigenvalue weighted by molar-refractivity contribution is 0.369. The van der Waals surface area contributed by atoms with Crippen molar-refractivity contribution >= 4 is 0 Å². The van der Waals surface area contributed by atoms with Gasteiger partial charge in [0.05, 0.1) is 5.54 Å². The Bertz CT molecular complexity index is 166. The third-order valence-electron chi connectivity index (χ3n) is 3.71. The topological polar surface area (TPSA) is 3.01 Å². The number of fused-ring (bicyclic) bond motifs is 1. The first kappa shape index (κ1) is 4.73. The van der Waals surface area contributed by atoms with Crippen LogP contribution in [0.25, 0.3) is 0 Å². The summed E-state index contributed by atoms with van der Waals surface area (Å²) < 4.78 is 0. The summed E-state index contributed by atoms with van der Waals surface area (Å²) in [7, 11) is 0. The first-order chi connectivity index (χ1) is 4.36. The second kappa shape index (κ2) is 1.07. The normalized spacial score (nSPS) is 68.3. The molecule has 0 aromatic carbocycles. The Kier molecular flexibility index (Phi) is 0.563. The predicted octanol–water partition coefficient (Wildman–Crippen LogP) is 1.24. The number of hydrogen-bond acceptors (Lipinski definition) is 1. The molecule has 3 aliphatic rings. The van der Waals surface area contributed by atoms with Gasteiger partial charge in [-0.2, -0.15) is 0 Å². The monoisotopic (exact) mass is 123 g/mol. The van der Waals surface area contributed by atoms with Crippen LogP contribution in [0.4, 0.5) is 0 Å². The molecular formula is C8H13N. The number of hydrogen-bond donors (Lipinski definition) is 0. The second-order valence-electron chi connectivity index (χ2n) is 3.97. The molecular weight excluding hydrogens is 110 g/mol. The van der Waals surface area contributed by atoms with Crippen molar-refractivity contribution in [3.8, 4) is 0 Å². The van der Waals surface area contributed by atoms with E-state index in [4.69, 9.17) is 0 Å². The summed E-state index contributed by atoms with van der Waals surface area (Å²) in [5.74, 6) is 1.02. The summed E-state index contributed by atoms with van der Waals surface area (Å²) in [4.78, 5) is 2.67. The van der Waals surface area contributed by atoms with Gasteiger partial charge < -0.3 is 0 Å². The van der Waals surface area contributed by atoms with Crippen molar-refractivity contribution in [3.05, 3.63) is 0 Å². The minimum Gasteiger partial charge on any atom is -0.288 e. The van der Waals surface area contributed by atoms with Crippen LogP contribution >= 0.6 is 0 Å². The van der Waals surface area contributed by atoms with Gasteiger partial charge in [0.1, 0.15) is 0 Å². The molecule has 1 aliphatic carbocycles. The summed E-state index contributed by atoms with van der Waals surface area (Å²) in [6.45, 7) is 3.87. The van der Waals surface area contributed by atoms with E-state index in [0.29, 0.717) is 0 Å². The fourth-order valence-electron chi connectivity index (χ4n) is 2.86. The molecule has 0 N–H and O–H groups in total. The van der Waals surface area contributed by atoms with E-state index in [2.05, 4.69) is 11.8 Å². The molecule has 1 nitrogen and oxygen atoms in total. The summed E-state index contributed by atoms with van der Waals surface area (Å²) in [5.41, 5.74) is 0.804. The van der Waals surface area contributed by atoms with Gasteiger partial charge in [-0.05, 0) is 18.8 Å². The molecule has 1 heteroatoms. The summed E-state index contributed by atoms with van der Waals surface area (Å²) >= 11 is 0. The molecule has 2 aliphatic heterocycles. The molecule has 0 bridgehead atoms. The van der Waals surface area contributed by atoms with Crippen LogP contribution in [0, 0.1) is 5.92 Å². The number of rotatable bonds is 0. The Balaban J connectivity index is 1.91. The van der Waals surface area contributed by atoms with Gasteiger partial charge in [-0.25, -0.2) is 0 Å². The predicted molar refractivity (Wildman–Crippen MR) is 36.2 cm³/mol. The quantitative estimate of drug-likeness (QED) is 0.438. The highest BCUT2D eigenvalue weighted by atomic mass is 15.6. The van der Waals surface area contributed by atoms with Gasteiger partial charge in [0.2, 0.25) is 0 Å².